The number of hydrogen-bond acceptors (Lipinski definition) is 6. The summed E-state index contributed by atoms with van der Waals surface area (Å²) in [6.45, 7) is 5.57. The number of nitrogens with one attached hydrogen (secondary N) is 1. The summed E-state index contributed by atoms with van der Waals surface area (Å²) in [5, 5.41) is 13.9. The van der Waals surface area contributed by atoms with E-state index in [1.165, 1.54) is 22.8 Å². The fraction of sp³-hybridized carbons (Fsp3) is 0.150. The van der Waals surface area contributed by atoms with Crippen LogP contribution in [0.2, 0.25) is 0 Å². The minimum atomic E-state index is -0.654. The van der Waals surface area contributed by atoms with Gasteiger partial charge in [-0.1, -0.05) is 42.1 Å². The maximum absolute atomic E-state index is 12.8. The summed E-state index contributed by atoms with van der Waals surface area (Å²) in [6, 6.07) is 12.9. The van der Waals surface area contributed by atoms with Crippen LogP contribution in [0.5, 0.6) is 0 Å². The van der Waals surface area contributed by atoms with Crippen molar-refractivity contribution < 1.29 is 9.72 Å². The third-order valence-corrected chi connectivity index (χ3v) is 5.24. The Bertz CT molecular complexity index is 1160. The second kappa shape index (κ2) is 8.70. The first-order chi connectivity index (χ1) is 13.9. The molecule has 8 nitrogen and oxygen atoms in total. The van der Waals surface area contributed by atoms with Crippen LogP contribution in [0.3, 0.4) is 0 Å². The number of allylic oxidation sites excluding steroid dienone is 1. The number of para-hydroxylation sites is 3. The van der Waals surface area contributed by atoms with Crippen molar-refractivity contribution in [2.24, 2.45) is 0 Å². The van der Waals surface area contributed by atoms with Crippen LogP contribution >= 0.6 is 11.8 Å². The summed E-state index contributed by atoms with van der Waals surface area (Å²) in [6.07, 6.45) is 1.58. The molecule has 0 bridgehead atoms. The first-order valence-corrected chi connectivity index (χ1v) is 9.61. The molecule has 0 fully saturated rings. The topological polar surface area (TPSA) is 107 Å². The van der Waals surface area contributed by atoms with Gasteiger partial charge in [-0.15, -0.1) is 6.58 Å². The Kier molecular flexibility index (Phi) is 6.08. The van der Waals surface area contributed by atoms with E-state index in [9.17, 15) is 19.7 Å². The number of nitro groups is 1. The van der Waals surface area contributed by atoms with E-state index in [4.69, 9.17) is 0 Å². The number of hydrogen-bond donors (Lipinski definition) is 1. The standard InChI is InChI=1S/C20H18N4O4S/c1-3-12-23-19(26)14-8-4-5-9-15(14)22-20(23)29-13(2)18(25)21-16-10-6-7-11-17(16)24(27)28/h3-11,13H,1,12H2,2H3,(H,21,25)/t13-/m0/s1. The highest BCUT2D eigenvalue weighted by molar-refractivity contribution is 8.00. The molecule has 29 heavy (non-hydrogen) atoms. The molecule has 3 rings (SSSR count). The van der Waals surface area contributed by atoms with Gasteiger partial charge in [0.25, 0.3) is 11.2 Å². The molecule has 0 unspecified atom stereocenters. The first kappa shape index (κ1) is 20.3. The minimum absolute atomic E-state index is 0.116. The third kappa shape index (κ3) is 4.35. The summed E-state index contributed by atoms with van der Waals surface area (Å²) in [5.74, 6) is -0.433. The first-order valence-electron chi connectivity index (χ1n) is 8.73. The van der Waals surface area contributed by atoms with Crippen molar-refractivity contribution >= 4 is 39.9 Å². The largest absolute Gasteiger partial charge is 0.319 e. The van der Waals surface area contributed by atoms with Crippen LogP contribution in [0.25, 0.3) is 10.9 Å². The minimum Gasteiger partial charge on any atom is -0.319 e. The van der Waals surface area contributed by atoms with Gasteiger partial charge in [-0.25, -0.2) is 4.98 Å². The van der Waals surface area contributed by atoms with Crippen molar-refractivity contribution in [1.82, 2.24) is 9.55 Å². The molecule has 1 heterocycles. The van der Waals surface area contributed by atoms with Crippen molar-refractivity contribution in [3.63, 3.8) is 0 Å². The molecule has 1 atom stereocenters. The van der Waals surface area contributed by atoms with Gasteiger partial charge in [0.05, 0.1) is 21.1 Å². The second-order valence-electron chi connectivity index (χ2n) is 6.14. The van der Waals surface area contributed by atoms with E-state index in [0.717, 1.165) is 11.8 Å². The number of carbonyl (C=O) groups excluding carboxylic acids is 1. The van der Waals surface area contributed by atoms with Gasteiger partial charge < -0.3 is 5.32 Å². The van der Waals surface area contributed by atoms with Crippen molar-refractivity contribution in [2.45, 2.75) is 23.9 Å². The van der Waals surface area contributed by atoms with Crippen LogP contribution in [0.4, 0.5) is 11.4 Å². The van der Waals surface area contributed by atoms with E-state index in [1.54, 1.807) is 43.3 Å². The smallest absolute Gasteiger partial charge is 0.292 e. The van der Waals surface area contributed by atoms with Gasteiger partial charge in [0.2, 0.25) is 5.91 Å². The van der Waals surface area contributed by atoms with Gasteiger partial charge in [-0.05, 0) is 25.1 Å². The molecule has 0 radical (unpaired) electrons. The summed E-state index contributed by atoms with van der Waals surface area (Å²) in [7, 11) is 0. The molecule has 0 saturated heterocycles. The predicted octanol–water partition coefficient (Wildman–Crippen LogP) is 3.61. The van der Waals surface area contributed by atoms with Gasteiger partial charge in [-0.2, -0.15) is 0 Å². The van der Waals surface area contributed by atoms with Gasteiger partial charge in [-0.3, -0.25) is 24.3 Å². The maximum Gasteiger partial charge on any atom is 0.292 e. The van der Waals surface area contributed by atoms with E-state index < -0.39 is 16.1 Å². The molecule has 2 aromatic carbocycles. The van der Waals surface area contributed by atoms with Crippen molar-refractivity contribution in [3.8, 4) is 0 Å². The molecule has 148 valence electrons. The molecule has 0 aliphatic heterocycles. The highest BCUT2D eigenvalue weighted by Crippen LogP contribution is 2.27. The number of thioether (sulfide) groups is 1. The number of amides is 1. The fourth-order valence-corrected chi connectivity index (χ4v) is 3.63. The van der Waals surface area contributed by atoms with Crippen LogP contribution in [0.1, 0.15) is 6.92 Å². The van der Waals surface area contributed by atoms with E-state index in [0.29, 0.717) is 16.1 Å². The summed E-state index contributed by atoms with van der Waals surface area (Å²) in [4.78, 5) is 40.5. The highest BCUT2D eigenvalue weighted by Gasteiger charge is 2.22. The lowest BCUT2D eigenvalue weighted by Gasteiger charge is -2.15. The number of nitrogens with zero attached hydrogens (tertiary/aromatic N) is 3. The van der Waals surface area contributed by atoms with E-state index >= 15 is 0 Å². The molecular weight excluding hydrogens is 392 g/mol. The molecule has 0 aliphatic carbocycles. The van der Waals surface area contributed by atoms with Crippen LogP contribution in [-0.2, 0) is 11.3 Å². The van der Waals surface area contributed by atoms with Crippen LogP contribution in [0.15, 0.2) is 71.1 Å². The zero-order chi connectivity index (χ0) is 21.0. The SMILES string of the molecule is C=CCn1c(S[C@@H](C)C(=O)Nc2ccccc2[N+](=O)[O-])nc2ccccc2c1=O. The van der Waals surface area contributed by atoms with Crippen LogP contribution in [0, 0.1) is 10.1 Å². The Balaban J connectivity index is 1.89. The average molecular weight is 410 g/mol. The van der Waals surface area contributed by atoms with Crippen molar-refractivity contribution in [2.75, 3.05) is 5.32 Å². The number of anilines is 1. The molecule has 0 aliphatic rings. The Morgan fingerprint density at radius 1 is 1.31 bits per heavy atom. The number of nitro benzene ring substituents is 1. The Hall–Kier alpha value is -3.46. The van der Waals surface area contributed by atoms with Gasteiger partial charge in [0.15, 0.2) is 5.16 Å². The quantitative estimate of drug-likeness (QED) is 0.210. The Morgan fingerprint density at radius 3 is 2.72 bits per heavy atom. The molecule has 1 amide bonds. The molecule has 3 aromatic rings. The number of aromatic nitrogens is 2. The van der Waals surface area contributed by atoms with Crippen molar-refractivity contribution in [1.29, 1.82) is 0 Å². The summed E-state index contributed by atoms with van der Waals surface area (Å²) >= 11 is 1.10. The molecule has 0 spiro atoms. The van der Waals surface area contributed by atoms with Gasteiger partial charge >= 0.3 is 0 Å². The lowest BCUT2D eigenvalue weighted by atomic mass is 10.2. The monoisotopic (exact) mass is 410 g/mol. The van der Waals surface area contributed by atoms with Crippen LogP contribution < -0.4 is 10.9 Å². The lowest BCUT2D eigenvalue weighted by Crippen LogP contribution is -2.27. The molecular formula is C20H18N4O4S. The second-order valence-corrected chi connectivity index (χ2v) is 7.45. The zero-order valence-electron chi connectivity index (χ0n) is 15.6. The van der Waals surface area contributed by atoms with E-state index in [-0.39, 0.29) is 23.5 Å². The molecule has 1 N–H and O–H groups in total. The summed E-state index contributed by atoms with van der Waals surface area (Å²) < 4.78 is 1.45. The molecule has 1 aromatic heterocycles. The van der Waals surface area contributed by atoms with E-state index in [2.05, 4.69) is 16.9 Å². The van der Waals surface area contributed by atoms with Gasteiger partial charge in [0, 0.05) is 12.6 Å². The Morgan fingerprint density at radius 2 is 2.00 bits per heavy atom. The Labute approximate surface area is 170 Å². The fourth-order valence-electron chi connectivity index (χ4n) is 2.71. The number of fused-ring (bicyclic) bond motifs is 1. The van der Waals surface area contributed by atoms with Crippen molar-refractivity contribution in [3.05, 3.63) is 81.7 Å². The normalized spacial score (nSPS) is 11.8. The predicted molar refractivity (Wildman–Crippen MR) is 113 cm³/mol. The lowest BCUT2D eigenvalue weighted by molar-refractivity contribution is -0.383. The average Bonchev–Trinajstić information content (AvgIpc) is 2.71. The number of rotatable bonds is 7. The van der Waals surface area contributed by atoms with E-state index in [1.807, 2.05) is 0 Å². The number of carbonyl (C=O) groups is 1. The van der Waals surface area contributed by atoms with Gasteiger partial charge in [0.1, 0.15) is 5.69 Å². The molecule has 9 heteroatoms. The summed E-state index contributed by atoms with van der Waals surface area (Å²) in [5.41, 5.74) is 0.242. The highest BCUT2D eigenvalue weighted by atomic mass is 32.2. The number of benzene rings is 2. The van der Waals surface area contributed by atoms with Crippen LogP contribution in [-0.4, -0.2) is 25.6 Å². The molecule has 0 saturated carbocycles. The third-order valence-electron chi connectivity index (χ3n) is 4.15. The maximum atomic E-state index is 12.8. The zero-order valence-corrected chi connectivity index (χ0v) is 16.4.